The van der Waals surface area contributed by atoms with E-state index in [1.807, 2.05) is 19.9 Å². The van der Waals surface area contributed by atoms with Crippen LogP contribution in [0.15, 0.2) is 29.2 Å². The van der Waals surface area contributed by atoms with E-state index in [1.165, 1.54) is 0 Å². The van der Waals surface area contributed by atoms with Crippen LogP contribution in [0.5, 0.6) is 0 Å². The maximum Gasteiger partial charge on any atom is 0.180 e. The summed E-state index contributed by atoms with van der Waals surface area (Å²) < 4.78 is 24.3. The molecule has 0 aromatic heterocycles. The van der Waals surface area contributed by atoms with Gasteiger partial charge in [0.1, 0.15) is 0 Å². The van der Waals surface area contributed by atoms with Crippen LogP contribution >= 0.6 is 0 Å². The zero-order valence-corrected chi connectivity index (χ0v) is 12.4. The monoisotopic (exact) mass is 285 g/mol. The molecular weight excluding hydrogens is 262 g/mol. The molecule has 1 unspecified atom stereocenters. The second-order valence-corrected chi connectivity index (χ2v) is 6.89. The molecule has 2 N–H and O–H groups in total. The van der Waals surface area contributed by atoms with Crippen LogP contribution < -0.4 is 5.32 Å². The number of sulfone groups is 1. The lowest BCUT2D eigenvalue weighted by atomic mass is 10.1. The van der Waals surface area contributed by atoms with Crippen LogP contribution in [0.3, 0.4) is 0 Å². The van der Waals surface area contributed by atoms with Crippen LogP contribution in [-0.4, -0.2) is 32.4 Å². The molecule has 0 saturated carbocycles. The van der Waals surface area contributed by atoms with Crippen molar-refractivity contribution in [2.75, 3.05) is 24.2 Å². The van der Waals surface area contributed by atoms with Gasteiger partial charge < -0.3 is 10.4 Å². The zero-order valence-electron chi connectivity index (χ0n) is 11.6. The van der Waals surface area contributed by atoms with Gasteiger partial charge in [-0.25, -0.2) is 8.42 Å². The Hall–Kier alpha value is -1.07. The van der Waals surface area contributed by atoms with Crippen LogP contribution in [0.4, 0.5) is 5.69 Å². The third-order valence-corrected chi connectivity index (χ3v) is 4.93. The third-order valence-electron chi connectivity index (χ3n) is 2.96. The van der Waals surface area contributed by atoms with Crippen molar-refractivity contribution in [3.05, 3.63) is 24.3 Å². The molecule has 0 radical (unpaired) electrons. The Morgan fingerprint density at radius 3 is 2.63 bits per heavy atom. The maximum atomic E-state index is 12.1. The molecule has 1 atom stereocenters. The van der Waals surface area contributed by atoms with Gasteiger partial charge >= 0.3 is 0 Å². The summed E-state index contributed by atoms with van der Waals surface area (Å²) in [6, 6.07) is 6.99. The first-order valence-electron chi connectivity index (χ1n) is 6.67. The summed E-state index contributed by atoms with van der Waals surface area (Å²) in [5, 5.41) is 12.0. The standard InChI is InChI=1S/C14H23NO3S/c1-3-10-19(17,18)14-7-5-4-6-13(14)15-11-12(2)8-9-16/h4-7,12,15-16H,3,8-11H2,1-2H3. The first-order chi connectivity index (χ1) is 9.01. The molecule has 0 aliphatic carbocycles. The van der Waals surface area contributed by atoms with Gasteiger partial charge in [-0.15, -0.1) is 0 Å². The minimum absolute atomic E-state index is 0.151. The van der Waals surface area contributed by atoms with Crippen molar-refractivity contribution in [1.82, 2.24) is 0 Å². The van der Waals surface area contributed by atoms with Gasteiger partial charge in [0.25, 0.3) is 0 Å². The number of aliphatic hydroxyl groups is 1. The molecular formula is C14H23NO3S. The van der Waals surface area contributed by atoms with E-state index < -0.39 is 9.84 Å². The lowest BCUT2D eigenvalue weighted by molar-refractivity contribution is 0.266. The van der Waals surface area contributed by atoms with E-state index in [1.54, 1.807) is 18.2 Å². The van der Waals surface area contributed by atoms with E-state index in [9.17, 15) is 8.42 Å². The molecule has 0 aliphatic rings. The Balaban J connectivity index is 2.85. The summed E-state index contributed by atoms with van der Waals surface area (Å²) in [6.45, 7) is 4.68. The van der Waals surface area contributed by atoms with Crippen LogP contribution in [-0.2, 0) is 9.84 Å². The number of rotatable bonds is 8. The molecule has 1 aromatic rings. The molecule has 0 fully saturated rings. The highest BCUT2D eigenvalue weighted by Crippen LogP contribution is 2.23. The average molecular weight is 285 g/mol. The quantitative estimate of drug-likeness (QED) is 0.769. The number of hydrogen-bond acceptors (Lipinski definition) is 4. The van der Waals surface area contributed by atoms with Crippen molar-refractivity contribution in [2.45, 2.75) is 31.6 Å². The van der Waals surface area contributed by atoms with Crippen molar-refractivity contribution in [2.24, 2.45) is 5.92 Å². The number of aliphatic hydroxyl groups excluding tert-OH is 1. The second kappa shape index (κ2) is 7.50. The number of para-hydroxylation sites is 1. The minimum Gasteiger partial charge on any atom is -0.396 e. The first kappa shape index (κ1) is 16.0. The maximum absolute atomic E-state index is 12.1. The first-order valence-corrected chi connectivity index (χ1v) is 8.33. The van der Waals surface area contributed by atoms with Gasteiger partial charge in [-0.1, -0.05) is 26.0 Å². The normalized spacial score (nSPS) is 13.2. The Labute approximate surface area is 115 Å². The van der Waals surface area contributed by atoms with Gasteiger partial charge in [-0.3, -0.25) is 0 Å². The van der Waals surface area contributed by atoms with E-state index >= 15 is 0 Å². The summed E-state index contributed by atoms with van der Waals surface area (Å²) in [5.74, 6) is 0.463. The predicted molar refractivity (Wildman–Crippen MR) is 78.1 cm³/mol. The molecule has 5 heteroatoms. The molecule has 19 heavy (non-hydrogen) atoms. The summed E-state index contributed by atoms with van der Waals surface area (Å²) in [7, 11) is -3.21. The van der Waals surface area contributed by atoms with Gasteiger partial charge in [0, 0.05) is 13.2 Å². The number of nitrogens with one attached hydrogen (secondary N) is 1. The second-order valence-electron chi connectivity index (χ2n) is 4.81. The summed E-state index contributed by atoms with van der Waals surface area (Å²) >= 11 is 0. The van der Waals surface area contributed by atoms with Crippen molar-refractivity contribution in [3.63, 3.8) is 0 Å². The molecule has 0 spiro atoms. The van der Waals surface area contributed by atoms with E-state index in [-0.39, 0.29) is 12.4 Å². The molecule has 0 saturated heterocycles. The van der Waals surface area contributed by atoms with Gasteiger partial charge in [-0.05, 0) is 30.9 Å². The lowest BCUT2D eigenvalue weighted by Crippen LogP contribution is -2.15. The highest BCUT2D eigenvalue weighted by Gasteiger charge is 2.17. The number of hydrogen-bond donors (Lipinski definition) is 2. The van der Waals surface area contributed by atoms with E-state index in [4.69, 9.17) is 5.11 Å². The Morgan fingerprint density at radius 2 is 2.00 bits per heavy atom. The van der Waals surface area contributed by atoms with Crippen LogP contribution in [0.25, 0.3) is 0 Å². The molecule has 0 amide bonds. The molecule has 1 aromatic carbocycles. The smallest absolute Gasteiger partial charge is 0.180 e. The van der Waals surface area contributed by atoms with Crippen LogP contribution in [0, 0.1) is 5.92 Å². The Bertz CT molecular complexity index is 485. The van der Waals surface area contributed by atoms with Crippen molar-refractivity contribution >= 4 is 15.5 Å². The topological polar surface area (TPSA) is 66.4 Å². The van der Waals surface area contributed by atoms with Crippen LogP contribution in [0.2, 0.25) is 0 Å². The predicted octanol–water partition coefficient (Wildman–Crippen LogP) is 2.30. The Kier molecular flexibility index (Phi) is 6.31. The lowest BCUT2D eigenvalue weighted by Gasteiger charge is -2.15. The highest BCUT2D eigenvalue weighted by molar-refractivity contribution is 7.91. The van der Waals surface area contributed by atoms with Crippen molar-refractivity contribution in [1.29, 1.82) is 0 Å². The molecule has 4 nitrogen and oxygen atoms in total. The SMILES string of the molecule is CCCS(=O)(=O)c1ccccc1NCC(C)CCO. The Morgan fingerprint density at radius 1 is 1.32 bits per heavy atom. The molecule has 1 rings (SSSR count). The summed E-state index contributed by atoms with van der Waals surface area (Å²) in [5.41, 5.74) is 0.653. The van der Waals surface area contributed by atoms with E-state index in [2.05, 4.69) is 5.32 Å². The fourth-order valence-electron chi connectivity index (χ4n) is 1.87. The molecule has 0 aliphatic heterocycles. The largest absolute Gasteiger partial charge is 0.396 e. The minimum atomic E-state index is -3.21. The third kappa shape index (κ3) is 4.84. The average Bonchev–Trinajstić information content (AvgIpc) is 2.37. The fourth-order valence-corrected chi connectivity index (χ4v) is 3.39. The van der Waals surface area contributed by atoms with Gasteiger partial charge in [-0.2, -0.15) is 0 Å². The van der Waals surface area contributed by atoms with Gasteiger partial charge in [0.05, 0.1) is 16.3 Å². The van der Waals surface area contributed by atoms with Crippen molar-refractivity contribution < 1.29 is 13.5 Å². The number of anilines is 1. The fraction of sp³-hybridized carbons (Fsp3) is 0.571. The molecule has 108 valence electrons. The number of benzene rings is 1. The van der Waals surface area contributed by atoms with Crippen molar-refractivity contribution in [3.8, 4) is 0 Å². The van der Waals surface area contributed by atoms with Gasteiger partial charge in [0.15, 0.2) is 9.84 Å². The van der Waals surface area contributed by atoms with E-state index in [0.29, 0.717) is 35.9 Å². The van der Waals surface area contributed by atoms with Crippen LogP contribution in [0.1, 0.15) is 26.7 Å². The highest BCUT2D eigenvalue weighted by atomic mass is 32.2. The summed E-state index contributed by atoms with van der Waals surface area (Å²) in [4.78, 5) is 0.369. The molecule has 0 bridgehead atoms. The van der Waals surface area contributed by atoms with E-state index in [0.717, 1.165) is 0 Å². The molecule has 0 heterocycles. The van der Waals surface area contributed by atoms with Gasteiger partial charge in [0.2, 0.25) is 0 Å². The zero-order chi connectivity index (χ0) is 14.3. The summed E-state index contributed by atoms with van der Waals surface area (Å²) in [6.07, 6.45) is 1.31.